The second kappa shape index (κ2) is 4.13. The smallest absolute Gasteiger partial charge is 0.264 e. The van der Waals surface area contributed by atoms with Crippen LogP contribution in [0, 0.1) is 0 Å². The lowest BCUT2D eigenvalue weighted by Crippen LogP contribution is -2.54. The van der Waals surface area contributed by atoms with Gasteiger partial charge in [0.1, 0.15) is 0 Å². The molecule has 1 aromatic carbocycles. The molecule has 0 radical (unpaired) electrons. The highest BCUT2D eigenvalue weighted by atomic mass is 16.2. The van der Waals surface area contributed by atoms with E-state index in [1.54, 1.807) is 12.3 Å². The molecule has 0 fully saturated rings. The number of hydrogen-bond donors (Lipinski definition) is 2. The van der Waals surface area contributed by atoms with Gasteiger partial charge in [-0.05, 0) is 18.7 Å². The Morgan fingerprint density at radius 3 is 2.95 bits per heavy atom. The minimum atomic E-state index is -1.17. The average Bonchev–Trinajstić information content (AvgIpc) is 2.77. The van der Waals surface area contributed by atoms with Gasteiger partial charge in [-0.2, -0.15) is 0 Å². The van der Waals surface area contributed by atoms with Crippen molar-refractivity contribution in [2.45, 2.75) is 12.6 Å². The van der Waals surface area contributed by atoms with Crippen molar-refractivity contribution in [2.24, 2.45) is 15.7 Å². The summed E-state index contributed by atoms with van der Waals surface area (Å²) in [5, 5.41) is 3.04. The molecule has 2 aliphatic rings. The van der Waals surface area contributed by atoms with Crippen molar-refractivity contribution in [1.29, 1.82) is 0 Å². The summed E-state index contributed by atoms with van der Waals surface area (Å²) in [7, 11) is 0. The molecule has 0 aromatic heterocycles. The number of likely N-dealkylation sites (N-methyl/N-ethyl adjacent to an activating group) is 1. The molecular formula is C14H14N4O. The summed E-state index contributed by atoms with van der Waals surface area (Å²) < 4.78 is 0. The SMILES string of the molecule is CCNC1(C(N)=O)C=C2C(=Nc3ccccc32)C=N1. The Morgan fingerprint density at radius 1 is 1.42 bits per heavy atom. The van der Waals surface area contributed by atoms with E-state index < -0.39 is 11.6 Å². The van der Waals surface area contributed by atoms with Crippen LogP contribution in [0.4, 0.5) is 5.69 Å². The highest BCUT2D eigenvalue weighted by Gasteiger charge is 2.37. The average molecular weight is 254 g/mol. The van der Waals surface area contributed by atoms with E-state index in [2.05, 4.69) is 15.3 Å². The van der Waals surface area contributed by atoms with Crippen LogP contribution in [0.5, 0.6) is 0 Å². The molecule has 96 valence electrons. The topological polar surface area (TPSA) is 79.8 Å². The van der Waals surface area contributed by atoms with Crippen molar-refractivity contribution >= 4 is 29.1 Å². The normalized spacial score (nSPS) is 23.4. The fraction of sp³-hybridized carbons (Fsp3) is 0.214. The zero-order valence-electron chi connectivity index (χ0n) is 10.6. The van der Waals surface area contributed by atoms with Crippen LogP contribution < -0.4 is 11.1 Å². The number of nitrogens with two attached hydrogens (primary N) is 1. The molecule has 2 heterocycles. The van der Waals surface area contributed by atoms with E-state index in [0.717, 1.165) is 22.5 Å². The number of hydrogen-bond acceptors (Lipinski definition) is 4. The van der Waals surface area contributed by atoms with E-state index in [9.17, 15) is 4.79 Å². The summed E-state index contributed by atoms with van der Waals surface area (Å²) >= 11 is 0. The molecule has 1 aromatic rings. The number of para-hydroxylation sites is 1. The first-order chi connectivity index (χ1) is 9.16. The molecule has 0 spiro atoms. The Balaban J connectivity index is 2.14. The van der Waals surface area contributed by atoms with Crippen LogP contribution in [-0.2, 0) is 4.79 Å². The van der Waals surface area contributed by atoms with Gasteiger partial charge in [0.2, 0.25) is 5.66 Å². The zero-order valence-corrected chi connectivity index (χ0v) is 10.6. The molecule has 1 amide bonds. The number of allylic oxidation sites excluding steroid dienone is 1. The van der Waals surface area contributed by atoms with Gasteiger partial charge < -0.3 is 5.73 Å². The van der Waals surface area contributed by atoms with Gasteiger partial charge in [-0.25, -0.2) is 4.99 Å². The lowest BCUT2D eigenvalue weighted by atomic mass is 9.95. The van der Waals surface area contributed by atoms with Crippen LogP contribution in [0.2, 0.25) is 0 Å². The molecule has 3 rings (SSSR count). The van der Waals surface area contributed by atoms with Crippen LogP contribution >= 0.6 is 0 Å². The number of carbonyl (C=O) groups is 1. The van der Waals surface area contributed by atoms with Gasteiger partial charge in [-0.15, -0.1) is 0 Å². The van der Waals surface area contributed by atoms with E-state index in [1.807, 2.05) is 31.2 Å². The summed E-state index contributed by atoms with van der Waals surface area (Å²) in [6.07, 6.45) is 3.38. The first kappa shape index (κ1) is 11.8. The lowest BCUT2D eigenvalue weighted by Gasteiger charge is -2.27. The lowest BCUT2D eigenvalue weighted by molar-refractivity contribution is -0.122. The van der Waals surface area contributed by atoms with Crippen LogP contribution in [0.3, 0.4) is 0 Å². The number of fused-ring (bicyclic) bond motifs is 3. The van der Waals surface area contributed by atoms with Gasteiger partial charge in [0.25, 0.3) is 5.91 Å². The van der Waals surface area contributed by atoms with E-state index in [-0.39, 0.29) is 0 Å². The summed E-state index contributed by atoms with van der Waals surface area (Å²) in [5.41, 5.74) is 7.91. The van der Waals surface area contributed by atoms with Crippen LogP contribution in [0.15, 0.2) is 40.3 Å². The minimum Gasteiger partial charge on any atom is -0.366 e. The van der Waals surface area contributed by atoms with Crippen molar-refractivity contribution in [1.82, 2.24) is 5.32 Å². The molecule has 0 saturated carbocycles. The molecule has 5 nitrogen and oxygen atoms in total. The van der Waals surface area contributed by atoms with Crippen molar-refractivity contribution in [3.8, 4) is 0 Å². The molecule has 5 heteroatoms. The molecule has 0 bridgehead atoms. The van der Waals surface area contributed by atoms with E-state index in [4.69, 9.17) is 5.73 Å². The maximum Gasteiger partial charge on any atom is 0.264 e. The predicted octanol–water partition coefficient (Wildman–Crippen LogP) is 1.03. The second-order valence-corrected chi connectivity index (χ2v) is 4.49. The fourth-order valence-electron chi connectivity index (χ4n) is 2.37. The highest BCUT2D eigenvalue weighted by molar-refractivity contribution is 6.54. The molecule has 0 saturated heterocycles. The Kier molecular flexibility index (Phi) is 2.57. The Hall–Kier alpha value is -2.27. The number of aliphatic imine (C=N–C) groups is 2. The standard InChI is InChI=1S/C14H14N4O/c1-2-16-14(13(15)19)7-10-9-5-3-4-6-11(9)18-12(10)8-17-14/h3-8,16H,2H2,1H3,(H2,15,19). The predicted molar refractivity (Wildman–Crippen MR) is 75.6 cm³/mol. The monoisotopic (exact) mass is 254 g/mol. The van der Waals surface area contributed by atoms with Gasteiger partial charge in [0, 0.05) is 11.1 Å². The van der Waals surface area contributed by atoms with Gasteiger partial charge in [-0.3, -0.25) is 15.1 Å². The number of benzene rings is 1. The zero-order chi connectivity index (χ0) is 13.5. The van der Waals surface area contributed by atoms with Gasteiger partial charge in [0.05, 0.1) is 17.6 Å². The van der Waals surface area contributed by atoms with Crippen LogP contribution in [0.25, 0.3) is 5.57 Å². The minimum absolute atomic E-state index is 0.512. The molecule has 1 atom stereocenters. The van der Waals surface area contributed by atoms with Crippen LogP contribution in [-0.4, -0.2) is 30.0 Å². The van der Waals surface area contributed by atoms with E-state index >= 15 is 0 Å². The first-order valence-corrected chi connectivity index (χ1v) is 6.18. The highest BCUT2D eigenvalue weighted by Crippen LogP contribution is 2.37. The van der Waals surface area contributed by atoms with Crippen molar-refractivity contribution < 1.29 is 4.79 Å². The molecule has 1 unspecified atom stereocenters. The van der Waals surface area contributed by atoms with Crippen LogP contribution in [0.1, 0.15) is 12.5 Å². The van der Waals surface area contributed by atoms with Gasteiger partial charge in [0.15, 0.2) is 0 Å². The molecule has 0 aliphatic carbocycles. The third-order valence-electron chi connectivity index (χ3n) is 3.28. The van der Waals surface area contributed by atoms with E-state index in [1.165, 1.54) is 0 Å². The number of carbonyl (C=O) groups excluding carboxylic acids is 1. The Bertz CT molecular complexity index is 645. The third-order valence-corrected chi connectivity index (χ3v) is 3.28. The number of nitrogens with zero attached hydrogens (tertiary/aromatic N) is 2. The van der Waals surface area contributed by atoms with E-state index in [0.29, 0.717) is 6.54 Å². The fourth-order valence-corrected chi connectivity index (χ4v) is 2.37. The van der Waals surface area contributed by atoms with Gasteiger partial charge >= 0.3 is 0 Å². The molecule has 3 N–H and O–H groups in total. The maximum atomic E-state index is 11.7. The van der Waals surface area contributed by atoms with Gasteiger partial charge in [-0.1, -0.05) is 25.1 Å². The third kappa shape index (κ3) is 1.70. The Labute approximate surface area is 110 Å². The number of nitrogens with one attached hydrogen (secondary N) is 1. The van der Waals surface area contributed by atoms with Crippen molar-refractivity contribution in [3.05, 3.63) is 35.9 Å². The van der Waals surface area contributed by atoms with Crippen molar-refractivity contribution in [3.63, 3.8) is 0 Å². The number of amides is 1. The Morgan fingerprint density at radius 2 is 2.21 bits per heavy atom. The molecular weight excluding hydrogens is 240 g/mol. The number of primary amides is 1. The maximum absolute atomic E-state index is 11.7. The molecule has 19 heavy (non-hydrogen) atoms. The summed E-state index contributed by atoms with van der Waals surface area (Å²) in [6.45, 7) is 2.50. The summed E-state index contributed by atoms with van der Waals surface area (Å²) in [4.78, 5) is 20.5. The summed E-state index contributed by atoms with van der Waals surface area (Å²) in [5.74, 6) is -0.512. The van der Waals surface area contributed by atoms with Crippen molar-refractivity contribution in [2.75, 3.05) is 6.54 Å². The summed E-state index contributed by atoms with van der Waals surface area (Å²) in [6, 6.07) is 7.80. The second-order valence-electron chi connectivity index (χ2n) is 4.49. The largest absolute Gasteiger partial charge is 0.366 e. The number of rotatable bonds is 3. The number of dihydropyridines is 1. The molecule has 2 aliphatic heterocycles. The quantitative estimate of drug-likeness (QED) is 0.845. The first-order valence-electron chi connectivity index (χ1n) is 6.18.